The largest absolute Gasteiger partial charge is 0.352 e. The second kappa shape index (κ2) is 13.5. The number of aryl methyl sites for hydroxylation is 1. The molecule has 2 amide bonds. The predicted molar refractivity (Wildman–Crippen MR) is 164 cm³/mol. The first-order valence-corrected chi connectivity index (χ1v) is 15.6. The Bertz CT molecular complexity index is 1400. The number of benzene rings is 3. The Hall–Kier alpha value is -3.17. The minimum Gasteiger partial charge on any atom is -0.352 e. The Morgan fingerprint density at radius 3 is 1.95 bits per heavy atom. The number of anilines is 1. The first-order chi connectivity index (χ1) is 18.8. The van der Waals surface area contributed by atoms with Crippen LogP contribution in [0.5, 0.6) is 0 Å². The van der Waals surface area contributed by atoms with Gasteiger partial charge in [0.1, 0.15) is 12.6 Å². The van der Waals surface area contributed by atoms with Crippen LogP contribution in [0.15, 0.2) is 82.2 Å². The molecule has 3 rings (SSSR count). The zero-order valence-corrected chi connectivity index (χ0v) is 26.3. The van der Waals surface area contributed by atoms with E-state index in [1.165, 1.54) is 4.90 Å². The number of sulfonamides is 1. The monoisotopic (exact) mass is 627 g/mol. The molecular formula is C31H38BrN3O4S. The molecule has 214 valence electrons. The summed E-state index contributed by atoms with van der Waals surface area (Å²) in [5.74, 6) is -0.535. The molecule has 1 atom stereocenters. The van der Waals surface area contributed by atoms with Crippen LogP contribution in [-0.4, -0.2) is 43.8 Å². The Kier molecular flexibility index (Phi) is 10.6. The second-order valence-corrected chi connectivity index (χ2v) is 13.3. The maximum Gasteiger partial charge on any atom is 0.264 e. The topological polar surface area (TPSA) is 86.8 Å². The first kappa shape index (κ1) is 31.4. The number of carbonyl (C=O) groups excluding carboxylic acids is 2. The van der Waals surface area contributed by atoms with Crippen molar-refractivity contribution in [2.45, 2.75) is 71.0 Å². The van der Waals surface area contributed by atoms with Crippen molar-refractivity contribution < 1.29 is 18.0 Å². The van der Waals surface area contributed by atoms with Crippen molar-refractivity contribution in [2.75, 3.05) is 10.8 Å². The predicted octanol–water partition coefficient (Wildman–Crippen LogP) is 6.02. The highest BCUT2D eigenvalue weighted by Crippen LogP contribution is 2.27. The molecule has 7 nitrogen and oxygen atoms in total. The first-order valence-electron chi connectivity index (χ1n) is 13.3. The lowest BCUT2D eigenvalue weighted by atomic mass is 10.0. The van der Waals surface area contributed by atoms with Crippen molar-refractivity contribution in [3.05, 3.63) is 94.0 Å². The van der Waals surface area contributed by atoms with Crippen molar-refractivity contribution in [2.24, 2.45) is 0 Å². The van der Waals surface area contributed by atoms with Gasteiger partial charge in [-0.2, -0.15) is 0 Å². The van der Waals surface area contributed by atoms with Crippen LogP contribution in [0.25, 0.3) is 0 Å². The summed E-state index contributed by atoms with van der Waals surface area (Å²) < 4.78 is 29.9. The molecular weight excluding hydrogens is 590 g/mol. The molecule has 0 aliphatic carbocycles. The molecule has 0 spiro atoms. The fourth-order valence-electron chi connectivity index (χ4n) is 4.17. The summed E-state index contributed by atoms with van der Waals surface area (Å²) in [7, 11) is -4.10. The van der Waals surface area contributed by atoms with E-state index in [-0.39, 0.29) is 29.3 Å². The molecule has 0 heterocycles. The van der Waals surface area contributed by atoms with Crippen LogP contribution in [0.2, 0.25) is 0 Å². The number of nitrogens with zero attached hydrogens (tertiary/aromatic N) is 2. The van der Waals surface area contributed by atoms with Crippen molar-refractivity contribution in [3.63, 3.8) is 0 Å². The normalized spacial score (nSPS) is 12.3. The summed E-state index contributed by atoms with van der Waals surface area (Å²) in [6.07, 6.45) is 0. The van der Waals surface area contributed by atoms with Crippen LogP contribution >= 0.6 is 15.9 Å². The quantitative estimate of drug-likeness (QED) is 0.282. The molecule has 1 N–H and O–H groups in total. The van der Waals surface area contributed by atoms with E-state index < -0.39 is 28.5 Å². The molecule has 0 unspecified atom stereocenters. The third-order valence-electron chi connectivity index (χ3n) is 6.60. The molecule has 0 radical (unpaired) electrons. The van der Waals surface area contributed by atoms with Crippen LogP contribution in [0.3, 0.4) is 0 Å². The Morgan fingerprint density at radius 2 is 1.43 bits per heavy atom. The fourth-order valence-corrected chi connectivity index (χ4v) is 5.84. The van der Waals surface area contributed by atoms with Crippen molar-refractivity contribution in [1.82, 2.24) is 10.2 Å². The smallest absolute Gasteiger partial charge is 0.264 e. The van der Waals surface area contributed by atoms with E-state index in [2.05, 4.69) is 35.1 Å². The van der Waals surface area contributed by atoms with Gasteiger partial charge >= 0.3 is 0 Å². The molecule has 40 heavy (non-hydrogen) atoms. The number of amides is 2. The lowest BCUT2D eigenvalue weighted by molar-refractivity contribution is -0.139. The number of nitrogens with one attached hydrogen (secondary N) is 1. The minimum atomic E-state index is -4.10. The molecule has 0 aliphatic heterocycles. The molecule has 0 saturated carbocycles. The van der Waals surface area contributed by atoms with E-state index in [4.69, 9.17) is 0 Å². The highest BCUT2D eigenvalue weighted by molar-refractivity contribution is 9.10. The van der Waals surface area contributed by atoms with Crippen molar-refractivity contribution in [1.29, 1.82) is 0 Å². The average molecular weight is 629 g/mol. The second-order valence-electron chi connectivity index (χ2n) is 10.6. The summed E-state index contributed by atoms with van der Waals surface area (Å²) in [5, 5.41) is 2.86. The van der Waals surface area contributed by atoms with E-state index in [9.17, 15) is 18.0 Å². The van der Waals surface area contributed by atoms with Gasteiger partial charge in [-0.15, -0.1) is 0 Å². The maximum absolute atomic E-state index is 14.0. The average Bonchev–Trinajstić information content (AvgIpc) is 2.90. The van der Waals surface area contributed by atoms with Gasteiger partial charge in [0.25, 0.3) is 10.0 Å². The van der Waals surface area contributed by atoms with Gasteiger partial charge in [-0.3, -0.25) is 13.9 Å². The van der Waals surface area contributed by atoms with Gasteiger partial charge in [0.2, 0.25) is 11.8 Å². The zero-order chi connectivity index (χ0) is 29.6. The summed E-state index contributed by atoms with van der Waals surface area (Å²) in [4.78, 5) is 28.5. The molecule has 0 aliphatic rings. The Morgan fingerprint density at radius 1 is 0.850 bits per heavy atom. The molecule has 0 fully saturated rings. The van der Waals surface area contributed by atoms with E-state index in [0.717, 1.165) is 25.5 Å². The van der Waals surface area contributed by atoms with E-state index in [0.29, 0.717) is 5.69 Å². The van der Waals surface area contributed by atoms with E-state index in [1.54, 1.807) is 43.3 Å². The number of halogens is 1. The summed E-state index contributed by atoms with van der Waals surface area (Å²) in [6.45, 7) is 11.0. The fraction of sp³-hybridized carbons (Fsp3) is 0.355. The van der Waals surface area contributed by atoms with Crippen molar-refractivity contribution >= 4 is 43.5 Å². The lowest BCUT2D eigenvalue weighted by Gasteiger charge is -2.32. The third-order valence-corrected chi connectivity index (χ3v) is 8.92. The van der Waals surface area contributed by atoms with Gasteiger partial charge in [-0.1, -0.05) is 71.7 Å². The summed E-state index contributed by atoms with van der Waals surface area (Å²) in [5.41, 5.74) is 3.17. The molecule has 3 aromatic carbocycles. The van der Waals surface area contributed by atoms with Crippen LogP contribution in [0.4, 0.5) is 5.69 Å². The van der Waals surface area contributed by atoms with Crippen molar-refractivity contribution in [3.8, 4) is 0 Å². The van der Waals surface area contributed by atoms with Gasteiger partial charge in [0.05, 0.1) is 10.6 Å². The molecule has 9 heteroatoms. The SMILES string of the molecule is Cc1ccc(S(=O)(=O)N(CC(=O)N(Cc2ccc(Br)cc2)[C@@H](C)C(=O)NC(C)C)c2ccc(C(C)C)cc2)cc1. The van der Waals surface area contributed by atoms with Gasteiger partial charge in [-0.05, 0) is 81.1 Å². The minimum absolute atomic E-state index is 0.0869. The number of rotatable bonds is 11. The number of carbonyl (C=O) groups is 2. The standard InChI is InChI=1S/C31H38BrN3O4S/c1-21(2)26-11-15-28(16-12-26)35(40(38,39)29-17-7-23(5)8-18-29)20-30(36)34(24(6)31(37)33-22(3)4)19-25-9-13-27(32)14-10-25/h7-18,21-22,24H,19-20H2,1-6H3,(H,33,37)/t24-/m0/s1. The summed E-state index contributed by atoms with van der Waals surface area (Å²) in [6, 6.07) is 20.3. The third kappa shape index (κ3) is 7.95. The lowest BCUT2D eigenvalue weighted by Crippen LogP contribution is -2.52. The molecule has 3 aromatic rings. The van der Waals surface area contributed by atoms with Gasteiger partial charge in [0.15, 0.2) is 0 Å². The van der Waals surface area contributed by atoms with E-state index in [1.807, 2.05) is 57.2 Å². The molecule has 0 aromatic heterocycles. The van der Waals surface area contributed by atoms with Crippen LogP contribution < -0.4 is 9.62 Å². The maximum atomic E-state index is 14.0. The number of hydrogen-bond acceptors (Lipinski definition) is 4. The zero-order valence-electron chi connectivity index (χ0n) is 23.9. The van der Waals surface area contributed by atoms with Gasteiger partial charge in [-0.25, -0.2) is 8.42 Å². The van der Waals surface area contributed by atoms with Crippen LogP contribution in [0.1, 0.15) is 57.2 Å². The summed E-state index contributed by atoms with van der Waals surface area (Å²) >= 11 is 3.42. The Labute approximate surface area is 246 Å². The van der Waals surface area contributed by atoms with Crippen LogP contribution in [-0.2, 0) is 26.2 Å². The number of hydrogen-bond donors (Lipinski definition) is 1. The van der Waals surface area contributed by atoms with E-state index >= 15 is 0 Å². The molecule has 0 bridgehead atoms. The molecule has 0 saturated heterocycles. The highest BCUT2D eigenvalue weighted by atomic mass is 79.9. The Balaban J connectivity index is 2.04. The van der Waals surface area contributed by atoms with Crippen LogP contribution in [0, 0.1) is 6.92 Å². The highest BCUT2D eigenvalue weighted by Gasteiger charge is 2.32. The van der Waals surface area contributed by atoms with Gasteiger partial charge < -0.3 is 10.2 Å². The van der Waals surface area contributed by atoms with Gasteiger partial charge in [0, 0.05) is 17.1 Å².